The van der Waals surface area contributed by atoms with Crippen molar-refractivity contribution >= 4 is 21.8 Å². The number of hydrogen-bond donors (Lipinski definition) is 3. The van der Waals surface area contributed by atoms with E-state index in [9.17, 15) is 18.0 Å². The summed E-state index contributed by atoms with van der Waals surface area (Å²) in [5.74, 6) is -0.246. The van der Waals surface area contributed by atoms with Crippen LogP contribution in [-0.2, 0) is 38.2 Å². The van der Waals surface area contributed by atoms with Crippen LogP contribution in [0, 0.1) is 5.92 Å². The van der Waals surface area contributed by atoms with Gasteiger partial charge in [-0.15, -0.1) is 0 Å². The number of sulfonamides is 1. The molecule has 1 aromatic heterocycles. The van der Waals surface area contributed by atoms with Gasteiger partial charge in [-0.3, -0.25) is 9.59 Å². The SMILES string of the molecule is O=C(NC1CCc2c[nH]cc2C1)[C@@H]1CCCN1C(=O)[C@@H](CC1CCCCC1)NS(=O)(=O)Cc1ccccc1. The van der Waals surface area contributed by atoms with Gasteiger partial charge in [0.2, 0.25) is 21.8 Å². The highest BCUT2D eigenvalue weighted by Gasteiger charge is 2.40. The summed E-state index contributed by atoms with van der Waals surface area (Å²) in [4.78, 5) is 32.1. The molecule has 2 fully saturated rings. The molecule has 206 valence electrons. The molecule has 5 rings (SSSR count). The molecule has 0 radical (unpaired) electrons. The molecule has 0 spiro atoms. The number of fused-ring (bicyclic) bond motifs is 1. The topological polar surface area (TPSA) is 111 Å². The van der Waals surface area contributed by atoms with Crippen molar-refractivity contribution in [3.05, 3.63) is 59.4 Å². The summed E-state index contributed by atoms with van der Waals surface area (Å²) in [6.45, 7) is 0.477. The zero-order chi connectivity index (χ0) is 26.5. The summed E-state index contributed by atoms with van der Waals surface area (Å²) in [5.41, 5.74) is 3.23. The molecule has 3 atom stereocenters. The molecule has 2 aromatic rings. The number of carbonyl (C=O) groups excluding carboxylic acids is 2. The van der Waals surface area contributed by atoms with Crippen LogP contribution in [0.4, 0.5) is 0 Å². The van der Waals surface area contributed by atoms with Gasteiger partial charge in [0.15, 0.2) is 0 Å². The first-order valence-electron chi connectivity index (χ1n) is 14.2. The maximum atomic E-state index is 13.9. The summed E-state index contributed by atoms with van der Waals surface area (Å²) in [6, 6.07) is 7.67. The number of likely N-dealkylation sites (tertiary alicyclic amines) is 1. The van der Waals surface area contributed by atoms with Crippen molar-refractivity contribution in [1.29, 1.82) is 0 Å². The van der Waals surface area contributed by atoms with Crippen LogP contribution in [-0.4, -0.2) is 54.8 Å². The number of rotatable bonds is 9. The average Bonchev–Trinajstić information content (AvgIpc) is 3.58. The minimum atomic E-state index is -3.74. The van der Waals surface area contributed by atoms with E-state index in [1.54, 1.807) is 17.0 Å². The Morgan fingerprint density at radius 3 is 2.53 bits per heavy atom. The highest BCUT2D eigenvalue weighted by Crippen LogP contribution is 2.29. The maximum Gasteiger partial charge on any atom is 0.243 e. The molecule has 1 aliphatic heterocycles. The molecule has 0 bridgehead atoms. The first-order valence-corrected chi connectivity index (χ1v) is 15.8. The van der Waals surface area contributed by atoms with Gasteiger partial charge in [0.25, 0.3) is 0 Å². The van der Waals surface area contributed by atoms with Gasteiger partial charge in [0.05, 0.1) is 5.75 Å². The van der Waals surface area contributed by atoms with Gasteiger partial charge in [-0.1, -0.05) is 62.4 Å². The predicted octanol–water partition coefficient (Wildman–Crippen LogP) is 3.44. The van der Waals surface area contributed by atoms with Crippen LogP contribution < -0.4 is 10.0 Å². The van der Waals surface area contributed by atoms with Gasteiger partial charge in [-0.25, -0.2) is 13.1 Å². The Labute approximate surface area is 226 Å². The zero-order valence-electron chi connectivity index (χ0n) is 22.0. The van der Waals surface area contributed by atoms with Crippen molar-refractivity contribution in [1.82, 2.24) is 19.9 Å². The van der Waals surface area contributed by atoms with E-state index in [1.807, 2.05) is 30.6 Å². The minimum absolute atomic E-state index is 0.0470. The summed E-state index contributed by atoms with van der Waals surface area (Å²) in [5, 5.41) is 3.19. The molecular weight excluding hydrogens is 500 g/mol. The number of aromatic nitrogens is 1. The monoisotopic (exact) mass is 540 g/mol. The highest BCUT2D eigenvalue weighted by atomic mass is 32.2. The number of aromatic amines is 1. The van der Waals surface area contributed by atoms with Crippen LogP contribution in [0.2, 0.25) is 0 Å². The molecule has 1 unspecified atom stereocenters. The average molecular weight is 541 g/mol. The molecule has 1 aromatic carbocycles. The molecule has 38 heavy (non-hydrogen) atoms. The number of nitrogens with zero attached hydrogens (tertiary/aromatic N) is 1. The lowest BCUT2D eigenvalue weighted by Crippen LogP contribution is -2.55. The zero-order valence-corrected chi connectivity index (χ0v) is 22.8. The van der Waals surface area contributed by atoms with Gasteiger partial charge in [0.1, 0.15) is 12.1 Å². The van der Waals surface area contributed by atoms with Gasteiger partial charge < -0.3 is 15.2 Å². The third-order valence-corrected chi connectivity index (χ3v) is 9.81. The molecule has 3 aliphatic rings. The lowest BCUT2D eigenvalue weighted by molar-refractivity contribution is -0.140. The number of H-pyrrole nitrogens is 1. The van der Waals surface area contributed by atoms with E-state index in [-0.39, 0.29) is 23.6 Å². The Kier molecular flexibility index (Phi) is 8.53. The first-order chi connectivity index (χ1) is 18.4. The van der Waals surface area contributed by atoms with Crippen LogP contribution in [0.25, 0.3) is 0 Å². The van der Waals surface area contributed by atoms with E-state index >= 15 is 0 Å². The van der Waals surface area contributed by atoms with E-state index in [1.165, 1.54) is 17.5 Å². The lowest BCUT2D eigenvalue weighted by atomic mass is 9.84. The second-order valence-corrected chi connectivity index (χ2v) is 13.1. The van der Waals surface area contributed by atoms with Crippen LogP contribution in [0.15, 0.2) is 42.7 Å². The quantitative estimate of drug-likeness (QED) is 0.452. The van der Waals surface area contributed by atoms with Crippen LogP contribution in [0.1, 0.15) is 74.5 Å². The molecule has 8 nitrogen and oxygen atoms in total. The summed E-state index contributed by atoms with van der Waals surface area (Å²) < 4.78 is 29.1. The summed E-state index contributed by atoms with van der Waals surface area (Å²) in [6.07, 6.45) is 13.9. The smallest absolute Gasteiger partial charge is 0.243 e. The molecular formula is C29H40N4O4S. The fourth-order valence-corrected chi connectivity index (χ4v) is 7.82. The van der Waals surface area contributed by atoms with Crippen molar-refractivity contribution in [2.75, 3.05) is 6.54 Å². The first kappa shape index (κ1) is 26.9. The lowest BCUT2D eigenvalue weighted by Gasteiger charge is -2.32. The number of carbonyl (C=O) groups is 2. The molecule has 1 saturated heterocycles. The molecule has 3 N–H and O–H groups in total. The number of nitrogens with one attached hydrogen (secondary N) is 3. The van der Waals surface area contributed by atoms with Crippen molar-refractivity contribution in [2.24, 2.45) is 5.92 Å². The Morgan fingerprint density at radius 1 is 0.974 bits per heavy atom. The normalized spacial score (nSPS) is 23.1. The van der Waals surface area contributed by atoms with Gasteiger partial charge in [0, 0.05) is 25.0 Å². The van der Waals surface area contributed by atoms with Crippen molar-refractivity contribution < 1.29 is 18.0 Å². The second kappa shape index (κ2) is 12.0. The van der Waals surface area contributed by atoms with Crippen molar-refractivity contribution in [2.45, 2.75) is 94.5 Å². The van der Waals surface area contributed by atoms with Crippen LogP contribution >= 0.6 is 0 Å². The van der Waals surface area contributed by atoms with E-state index < -0.39 is 22.1 Å². The molecule has 2 aliphatic carbocycles. The van der Waals surface area contributed by atoms with E-state index in [2.05, 4.69) is 15.0 Å². The van der Waals surface area contributed by atoms with Gasteiger partial charge in [-0.2, -0.15) is 0 Å². The van der Waals surface area contributed by atoms with Gasteiger partial charge in [-0.05, 0) is 61.1 Å². The fraction of sp³-hybridized carbons (Fsp3) is 0.586. The van der Waals surface area contributed by atoms with E-state index in [0.717, 1.165) is 51.4 Å². The van der Waals surface area contributed by atoms with E-state index in [0.29, 0.717) is 30.9 Å². The maximum absolute atomic E-state index is 13.9. The third-order valence-electron chi connectivity index (χ3n) is 8.45. The standard InChI is InChI=1S/C29H40N4O4S/c34-28(31-25-14-13-23-18-30-19-24(23)17-25)27-12-7-15-33(27)29(35)26(16-21-8-3-1-4-9-21)32-38(36,37)20-22-10-5-2-6-11-22/h2,5-6,10-11,18-19,21,25-27,30,32H,1,3-4,7-9,12-17,20H2,(H,31,34)/t25?,26-,27+/m1/s1. The number of benzene rings is 1. The van der Waals surface area contributed by atoms with E-state index in [4.69, 9.17) is 0 Å². The Morgan fingerprint density at radius 2 is 1.74 bits per heavy atom. The predicted molar refractivity (Wildman–Crippen MR) is 147 cm³/mol. The third kappa shape index (κ3) is 6.67. The molecule has 9 heteroatoms. The number of aryl methyl sites for hydroxylation is 1. The second-order valence-electron chi connectivity index (χ2n) is 11.3. The van der Waals surface area contributed by atoms with Crippen LogP contribution in [0.5, 0.6) is 0 Å². The highest BCUT2D eigenvalue weighted by molar-refractivity contribution is 7.88. The van der Waals surface area contributed by atoms with Crippen molar-refractivity contribution in [3.8, 4) is 0 Å². The largest absolute Gasteiger partial charge is 0.367 e. The molecule has 1 saturated carbocycles. The molecule has 2 amide bonds. The summed E-state index contributed by atoms with van der Waals surface area (Å²) >= 11 is 0. The Balaban J connectivity index is 1.27. The fourth-order valence-electron chi connectivity index (χ4n) is 6.48. The Bertz CT molecular complexity index is 1210. The summed E-state index contributed by atoms with van der Waals surface area (Å²) in [7, 11) is -3.74. The molecule has 2 heterocycles. The van der Waals surface area contributed by atoms with Crippen LogP contribution in [0.3, 0.4) is 0 Å². The van der Waals surface area contributed by atoms with Gasteiger partial charge >= 0.3 is 0 Å². The number of hydrogen-bond acceptors (Lipinski definition) is 4. The van der Waals surface area contributed by atoms with Crippen molar-refractivity contribution in [3.63, 3.8) is 0 Å². The Hall–Kier alpha value is -2.65. The minimum Gasteiger partial charge on any atom is -0.367 e. The number of amides is 2.